The summed E-state index contributed by atoms with van der Waals surface area (Å²) < 4.78 is 0. The Morgan fingerprint density at radius 2 is 1.39 bits per heavy atom. The summed E-state index contributed by atoms with van der Waals surface area (Å²) in [6.45, 7) is 0. The van der Waals surface area contributed by atoms with Crippen molar-refractivity contribution in [3.63, 3.8) is 0 Å². The smallest absolute Gasteiger partial charge is 0.229 e. The third kappa shape index (κ3) is 4.15. The highest BCUT2D eigenvalue weighted by Gasteiger charge is 2.17. The molecule has 4 N–H and O–H groups in total. The SMILES string of the molecule is O=C1CCc2cc(Nc3ncc(Cl)c(Nc4ccc5c(c4)CCC(=O)N5)n3)ccc2N1. The fourth-order valence-electron chi connectivity index (χ4n) is 3.70. The van der Waals surface area contributed by atoms with Gasteiger partial charge < -0.3 is 21.3 Å². The van der Waals surface area contributed by atoms with Crippen molar-refractivity contribution in [1.29, 1.82) is 0 Å². The Kier molecular flexibility index (Phi) is 4.91. The molecule has 31 heavy (non-hydrogen) atoms. The molecular formula is C22H19ClN6O2. The number of carbonyl (C=O) groups is 2. The first-order chi connectivity index (χ1) is 15.0. The normalized spacial score (nSPS) is 14.7. The Morgan fingerprint density at radius 1 is 0.806 bits per heavy atom. The predicted molar refractivity (Wildman–Crippen MR) is 120 cm³/mol. The summed E-state index contributed by atoms with van der Waals surface area (Å²) in [5.74, 6) is 0.947. The first-order valence-corrected chi connectivity index (χ1v) is 10.3. The Hall–Kier alpha value is -3.65. The molecule has 0 radical (unpaired) electrons. The largest absolute Gasteiger partial charge is 0.339 e. The molecule has 156 valence electrons. The van der Waals surface area contributed by atoms with Crippen molar-refractivity contribution in [1.82, 2.24) is 9.97 Å². The van der Waals surface area contributed by atoms with Crippen LogP contribution in [-0.4, -0.2) is 21.8 Å². The Morgan fingerprint density at radius 3 is 2.00 bits per heavy atom. The summed E-state index contributed by atoms with van der Waals surface area (Å²) in [4.78, 5) is 31.8. The molecule has 3 aromatic rings. The zero-order valence-electron chi connectivity index (χ0n) is 16.5. The van der Waals surface area contributed by atoms with Crippen LogP contribution in [0.25, 0.3) is 0 Å². The highest BCUT2D eigenvalue weighted by atomic mass is 35.5. The highest BCUT2D eigenvalue weighted by molar-refractivity contribution is 6.32. The van der Waals surface area contributed by atoms with E-state index in [0.717, 1.165) is 33.9 Å². The lowest BCUT2D eigenvalue weighted by molar-refractivity contribution is -0.117. The quantitative estimate of drug-likeness (QED) is 0.485. The number of rotatable bonds is 4. The van der Waals surface area contributed by atoms with Crippen LogP contribution >= 0.6 is 11.6 Å². The molecule has 9 heteroatoms. The topological polar surface area (TPSA) is 108 Å². The number of aromatic nitrogens is 2. The molecule has 0 aliphatic carbocycles. The van der Waals surface area contributed by atoms with E-state index in [1.807, 2.05) is 36.4 Å². The van der Waals surface area contributed by atoms with Crippen molar-refractivity contribution < 1.29 is 9.59 Å². The molecule has 0 spiro atoms. The van der Waals surface area contributed by atoms with E-state index in [1.54, 1.807) is 0 Å². The van der Waals surface area contributed by atoms with Crippen LogP contribution in [0.4, 0.5) is 34.5 Å². The zero-order chi connectivity index (χ0) is 21.4. The van der Waals surface area contributed by atoms with Crippen molar-refractivity contribution >= 4 is 57.9 Å². The maximum Gasteiger partial charge on any atom is 0.229 e. The fourth-order valence-corrected chi connectivity index (χ4v) is 3.84. The van der Waals surface area contributed by atoms with Crippen molar-refractivity contribution in [2.24, 2.45) is 0 Å². The van der Waals surface area contributed by atoms with E-state index >= 15 is 0 Å². The van der Waals surface area contributed by atoms with Gasteiger partial charge in [-0.05, 0) is 60.4 Å². The van der Waals surface area contributed by atoms with Crippen molar-refractivity contribution in [2.45, 2.75) is 25.7 Å². The van der Waals surface area contributed by atoms with Crippen molar-refractivity contribution in [3.05, 3.63) is 58.7 Å². The molecule has 5 rings (SSSR count). The molecule has 0 atom stereocenters. The minimum absolute atomic E-state index is 0.0346. The van der Waals surface area contributed by atoms with E-state index in [4.69, 9.17) is 11.6 Å². The van der Waals surface area contributed by atoms with Gasteiger partial charge in [0, 0.05) is 35.6 Å². The highest BCUT2D eigenvalue weighted by Crippen LogP contribution is 2.30. The van der Waals surface area contributed by atoms with Gasteiger partial charge in [-0.25, -0.2) is 4.98 Å². The van der Waals surface area contributed by atoms with Crippen molar-refractivity contribution in [3.8, 4) is 0 Å². The third-order valence-corrected chi connectivity index (χ3v) is 5.54. The molecular weight excluding hydrogens is 416 g/mol. The second-order valence-electron chi connectivity index (χ2n) is 7.48. The lowest BCUT2D eigenvalue weighted by Crippen LogP contribution is -2.19. The minimum Gasteiger partial charge on any atom is -0.339 e. The van der Waals surface area contributed by atoms with E-state index < -0.39 is 0 Å². The second kappa shape index (κ2) is 7.88. The van der Waals surface area contributed by atoms with Crippen LogP contribution in [0.5, 0.6) is 0 Å². The summed E-state index contributed by atoms with van der Waals surface area (Å²) in [5, 5.41) is 12.6. The third-order valence-electron chi connectivity index (χ3n) is 5.26. The van der Waals surface area contributed by atoms with Gasteiger partial charge in [-0.15, -0.1) is 0 Å². The number of carbonyl (C=O) groups excluding carboxylic acids is 2. The standard InChI is InChI=1S/C22H19ClN6O2/c23-16-11-24-22(26-15-4-6-18-13(10-15)2-8-20(31)28-18)29-21(16)25-14-3-5-17-12(9-14)1-7-19(30)27-17/h3-6,9-11H,1-2,7-8H2,(H,27,30)(H,28,31)(H2,24,25,26,29). The Labute approximate surface area is 183 Å². The predicted octanol–water partition coefficient (Wildman–Crippen LogP) is 4.39. The second-order valence-corrected chi connectivity index (χ2v) is 7.89. The number of hydrogen-bond acceptors (Lipinski definition) is 6. The number of halogens is 1. The average Bonchev–Trinajstić information content (AvgIpc) is 2.76. The van der Waals surface area contributed by atoms with Crippen LogP contribution in [0.3, 0.4) is 0 Å². The summed E-state index contributed by atoms with van der Waals surface area (Å²) in [6, 6.07) is 11.4. The molecule has 1 aromatic heterocycles. The number of fused-ring (bicyclic) bond motifs is 2. The summed E-state index contributed by atoms with van der Waals surface area (Å²) >= 11 is 6.31. The summed E-state index contributed by atoms with van der Waals surface area (Å²) in [7, 11) is 0. The lowest BCUT2D eigenvalue weighted by Gasteiger charge is -2.18. The molecule has 2 aliphatic rings. The van der Waals surface area contributed by atoms with Crippen molar-refractivity contribution in [2.75, 3.05) is 21.3 Å². The summed E-state index contributed by atoms with van der Waals surface area (Å²) in [5.41, 5.74) is 5.46. The number of anilines is 6. The van der Waals surface area contributed by atoms with Crippen LogP contribution in [0.1, 0.15) is 24.0 Å². The number of aryl methyl sites for hydroxylation is 2. The van der Waals surface area contributed by atoms with Gasteiger partial charge in [-0.1, -0.05) is 11.6 Å². The molecule has 0 saturated heterocycles. The van der Waals surface area contributed by atoms with Gasteiger partial charge in [-0.3, -0.25) is 9.59 Å². The average molecular weight is 435 g/mol. The maximum atomic E-state index is 11.5. The van der Waals surface area contributed by atoms with Gasteiger partial charge >= 0.3 is 0 Å². The monoisotopic (exact) mass is 434 g/mol. The Bertz CT molecular complexity index is 1210. The maximum absolute atomic E-state index is 11.5. The Balaban J connectivity index is 1.35. The number of benzene rings is 2. The van der Waals surface area contributed by atoms with E-state index in [0.29, 0.717) is 42.5 Å². The van der Waals surface area contributed by atoms with Gasteiger partial charge in [-0.2, -0.15) is 4.98 Å². The molecule has 0 fully saturated rings. The molecule has 3 heterocycles. The van der Waals surface area contributed by atoms with Gasteiger partial charge in [0.15, 0.2) is 5.82 Å². The van der Waals surface area contributed by atoms with E-state index in [-0.39, 0.29) is 11.8 Å². The van der Waals surface area contributed by atoms with Gasteiger partial charge in [0.05, 0.1) is 6.20 Å². The number of nitrogens with one attached hydrogen (secondary N) is 4. The van der Waals surface area contributed by atoms with E-state index in [2.05, 4.69) is 31.2 Å². The van der Waals surface area contributed by atoms with Gasteiger partial charge in [0.25, 0.3) is 0 Å². The number of amides is 2. The lowest BCUT2D eigenvalue weighted by atomic mass is 10.0. The molecule has 2 aromatic carbocycles. The van der Waals surface area contributed by atoms with Crippen LogP contribution < -0.4 is 21.3 Å². The molecule has 0 unspecified atom stereocenters. The van der Waals surface area contributed by atoms with Crippen LogP contribution in [-0.2, 0) is 22.4 Å². The van der Waals surface area contributed by atoms with Crippen LogP contribution in [0.2, 0.25) is 5.02 Å². The number of hydrogen-bond donors (Lipinski definition) is 4. The fraction of sp³-hybridized carbons (Fsp3) is 0.182. The molecule has 2 amide bonds. The van der Waals surface area contributed by atoms with Crippen LogP contribution in [0.15, 0.2) is 42.6 Å². The molecule has 0 saturated carbocycles. The van der Waals surface area contributed by atoms with Gasteiger partial charge in [0.1, 0.15) is 5.02 Å². The molecule has 8 nitrogen and oxygen atoms in total. The summed E-state index contributed by atoms with van der Waals surface area (Å²) in [6.07, 6.45) is 3.88. The molecule has 2 aliphatic heterocycles. The first-order valence-electron chi connectivity index (χ1n) is 9.96. The zero-order valence-corrected chi connectivity index (χ0v) is 17.2. The molecule has 0 bridgehead atoms. The minimum atomic E-state index is 0.0346. The van der Waals surface area contributed by atoms with Crippen LogP contribution in [0, 0.1) is 0 Å². The van der Waals surface area contributed by atoms with Gasteiger partial charge in [0.2, 0.25) is 17.8 Å². The first kappa shape index (κ1) is 19.3. The van der Waals surface area contributed by atoms with E-state index in [1.165, 1.54) is 6.20 Å². The van der Waals surface area contributed by atoms with E-state index in [9.17, 15) is 9.59 Å². The number of nitrogens with zero attached hydrogens (tertiary/aromatic N) is 2.